The monoisotopic (exact) mass is 837 g/mol. The van der Waals surface area contributed by atoms with Crippen LogP contribution < -0.4 is 20.1 Å². The van der Waals surface area contributed by atoms with E-state index in [1.54, 1.807) is 0 Å². The molecule has 2 atom stereocenters. The van der Waals surface area contributed by atoms with Gasteiger partial charge in [0.25, 0.3) is 0 Å². The van der Waals surface area contributed by atoms with Crippen LogP contribution in [-0.4, -0.2) is 37.1 Å². The second-order valence-corrected chi connectivity index (χ2v) is 16.9. The quantitative estimate of drug-likeness (QED) is 0.0549. The molecule has 0 bridgehead atoms. The maximum atomic E-state index is 12.8. The molecule has 2 N–H and O–H groups in total. The Morgan fingerprint density at radius 3 is 1.05 bits per heavy atom. The van der Waals surface area contributed by atoms with Gasteiger partial charge in [-0.2, -0.15) is 10.5 Å². The van der Waals surface area contributed by atoms with E-state index in [2.05, 4.69) is 47.0 Å². The summed E-state index contributed by atoms with van der Waals surface area (Å²) in [5.74, 6) is 2.02. The van der Waals surface area contributed by atoms with E-state index in [0.29, 0.717) is 24.0 Å². The standard InChI is InChI=1S/C54H68N4O4/c55-41-43-23-27-45(28-24-43)47-31-35-49(36-32-47)61-39-17-11-7-3-1-5-9-13-21-53(59)57-51-19-15-16-20-52(51)58-54(60)22-14-10-6-2-4-8-12-18-40-62-50-37-33-48(34-38-50)46-29-25-44(42-56)26-30-46/h23-38,51-52H,1-22,39-40H2,(H,57,59)(H,58,60). The van der Waals surface area contributed by atoms with Crippen LogP contribution >= 0.6 is 0 Å². The Bertz CT molecular complexity index is 1820. The lowest BCUT2D eigenvalue weighted by Crippen LogP contribution is -2.53. The molecule has 8 heteroatoms. The third kappa shape index (κ3) is 17.8. The Morgan fingerprint density at radius 1 is 0.435 bits per heavy atom. The average molecular weight is 837 g/mol. The summed E-state index contributed by atoms with van der Waals surface area (Å²) in [7, 11) is 0. The van der Waals surface area contributed by atoms with Gasteiger partial charge in [0, 0.05) is 24.9 Å². The summed E-state index contributed by atoms with van der Waals surface area (Å²) in [6.07, 6.45) is 23.2. The molecule has 0 saturated heterocycles. The Labute approximate surface area is 371 Å². The molecule has 8 nitrogen and oxygen atoms in total. The maximum Gasteiger partial charge on any atom is 0.220 e. The van der Waals surface area contributed by atoms with Crippen molar-refractivity contribution in [1.29, 1.82) is 10.5 Å². The highest BCUT2D eigenvalue weighted by Crippen LogP contribution is 2.25. The maximum absolute atomic E-state index is 12.8. The number of nitrogens with one attached hydrogen (secondary N) is 2. The molecular formula is C54H68N4O4. The van der Waals surface area contributed by atoms with Crippen molar-refractivity contribution in [2.45, 2.75) is 153 Å². The van der Waals surface area contributed by atoms with Crippen molar-refractivity contribution < 1.29 is 19.1 Å². The molecule has 1 aliphatic carbocycles. The molecule has 2 unspecified atom stereocenters. The molecule has 0 heterocycles. The van der Waals surface area contributed by atoms with E-state index >= 15 is 0 Å². The number of hydrogen-bond donors (Lipinski definition) is 2. The highest BCUT2D eigenvalue weighted by Gasteiger charge is 2.27. The molecular weight excluding hydrogens is 769 g/mol. The van der Waals surface area contributed by atoms with Crippen molar-refractivity contribution in [3.63, 3.8) is 0 Å². The van der Waals surface area contributed by atoms with E-state index in [9.17, 15) is 9.59 Å². The summed E-state index contributed by atoms with van der Waals surface area (Å²) in [6.45, 7) is 1.44. The van der Waals surface area contributed by atoms with Crippen LogP contribution in [0.3, 0.4) is 0 Å². The number of benzene rings is 4. The number of unbranched alkanes of at least 4 members (excludes halogenated alkanes) is 14. The lowest BCUT2D eigenvalue weighted by molar-refractivity contribution is -0.125. The van der Waals surface area contributed by atoms with Crippen molar-refractivity contribution in [3.8, 4) is 45.9 Å². The van der Waals surface area contributed by atoms with Crippen molar-refractivity contribution in [2.24, 2.45) is 0 Å². The Morgan fingerprint density at radius 2 is 0.726 bits per heavy atom. The zero-order valence-electron chi connectivity index (χ0n) is 36.9. The van der Waals surface area contributed by atoms with Crippen LogP contribution in [0.5, 0.6) is 11.5 Å². The van der Waals surface area contributed by atoms with Gasteiger partial charge >= 0.3 is 0 Å². The predicted molar refractivity (Wildman–Crippen MR) is 250 cm³/mol. The van der Waals surface area contributed by atoms with E-state index in [1.807, 2.05) is 72.8 Å². The predicted octanol–water partition coefficient (Wildman–Crippen LogP) is 12.8. The normalized spacial score (nSPS) is 14.6. The molecule has 0 radical (unpaired) electrons. The van der Waals surface area contributed by atoms with Gasteiger partial charge in [-0.15, -0.1) is 0 Å². The molecule has 5 rings (SSSR count). The lowest BCUT2D eigenvalue weighted by atomic mass is 9.90. The van der Waals surface area contributed by atoms with Gasteiger partial charge in [0.2, 0.25) is 11.8 Å². The van der Waals surface area contributed by atoms with Crippen LogP contribution in [0.4, 0.5) is 0 Å². The second-order valence-electron chi connectivity index (χ2n) is 16.9. The van der Waals surface area contributed by atoms with E-state index < -0.39 is 0 Å². The SMILES string of the molecule is N#Cc1ccc(-c2ccc(OCCCCCCCCCCC(=O)NC3CCCCC3NC(=O)CCCCCCCCCCOc3ccc(-c4ccc(C#N)cc4)cc3)cc2)cc1. The molecule has 0 aliphatic heterocycles. The molecule has 1 fully saturated rings. The van der Waals surface area contributed by atoms with Crippen molar-refractivity contribution in [3.05, 3.63) is 108 Å². The smallest absolute Gasteiger partial charge is 0.220 e. The van der Waals surface area contributed by atoms with Crippen LogP contribution in [0.15, 0.2) is 97.1 Å². The number of amides is 2. The fourth-order valence-electron chi connectivity index (χ4n) is 8.27. The first-order valence-electron chi connectivity index (χ1n) is 23.6. The van der Waals surface area contributed by atoms with Gasteiger partial charge in [-0.25, -0.2) is 0 Å². The third-order valence-electron chi connectivity index (χ3n) is 12.0. The summed E-state index contributed by atoms with van der Waals surface area (Å²) in [6, 6.07) is 35.9. The van der Waals surface area contributed by atoms with Gasteiger partial charge in [-0.05, 0) is 109 Å². The van der Waals surface area contributed by atoms with Gasteiger partial charge in [-0.3, -0.25) is 9.59 Å². The Hall–Kier alpha value is -5.60. The van der Waals surface area contributed by atoms with E-state index in [0.717, 1.165) is 137 Å². The summed E-state index contributed by atoms with van der Waals surface area (Å²) in [5, 5.41) is 24.5. The molecule has 2 amide bonds. The van der Waals surface area contributed by atoms with Crippen LogP contribution in [-0.2, 0) is 9.59 Å². The fourth-order valence-corrected chi connectivity index (χ4v) is 8.27. The number of ether oxygens (including phenoxy) is 2. The molecule has 4 aromatic rings. The number of rotatable bonds is 28. The van der Waals surface area contributed by atoms with Crippen LogP contribution in [0.2, 0.25) is 0 Å². The Kier molecular flexibility index (Phi) is 21.5. The number of carbonyl (C=O) groups is 2. The number of carbonyl (C=O) groups excluding carboxylic acids is 2. The van der Waals surface area contributed by atoms with Gasteiger partial charge < -0.3 is 20.1 Å². The summed E-state index contributed by atoms with van der Waals surface area (Å²) >= 11 is 0. The minimum Gasteiger partial charge on any atom is -0.494 e. The minimum absolute atomic E-state index is 0.0449. The average Bonchev–Trinajstić information content (AvgIpc) is 3.31. The topological polar surface area (TPSA) is 124 Å². The molecule has 1 aliphatic rings. The zero-order chi connectivity index (χ0) is 43.5. The number of nitrogens with zero attached hydrogens (tertiary/aromatic N) is 2. The van der Waals surface area contributed by atoms with Crippen molar-refractivity contribution >= 4 is 11.8 Å². The largest absolute Gasteiger partial charge is 0.494 e. The van der Waals surface area contributed by atoms with E-state index in [4.69, 9.17) is 20.0 Å². The molecule has 62 heavy (non-hydrogen) atoms. The van der Waals surface area contributed by atoms with E-state index in [-0.39, 0.29) is 23.9 Å². The lowest BCUT2D eigenvalue weighted by Gasteiger charge is -2.33. The van der Waals surface area contributed by atoms with Crippen LogP contribution in [0.25, 0.3) is 22.3 Å². The molecule has 1 saturated carbocycles. The van der Waals surface area contributed by atoms with Gasteiger partial charge in [0.05, 0.1) is 36.5 Å². The molecule has 328 valence electrons. The summed E-state index contributed by atoms with van der Waals surface area (Å²) in [5.41, 5.74) is 5.73. The zero-order valence-corrected chi connectivity index (χ0v) is 36.9. The fraction of sp³-hybridized carbons (Fsp3) is 0.481. The van der Waals surface area contributed by atoms with Crippen molar-refractivity contribution in [1.82, 2.24) is 10.6 Å². The molecule has 0 spiro atoms. The van der Waals surface area contributed by atoms with Crippen LogP contribution in [0, 0.1) is 22.7 Å². The van der Waals surface area contributed by atoms with E-state index in [1.165, 1.54) is 38.5 Å². The molecule has 4 aromatic carbocycles. The number of nitriles is 2. The first kappa shape index (κ1) is 47.4. The first-order chi connectivity index (χ1) is 30.5. The first-order valence-corrected chi connectivity index (χ1v) is 23.6. The summed E-state index contributed by atoms with van der Waals surface area (Å²) < 4.78 is 11.9. The third-order valence-corrected chi connectivity index (χ3v) is 12.0. The Balaban J connectivity index is 0.797. The number of hydrogen-bond acceptors (Lipinski definition) is 6. The van der Waals surface area contributed by atoms with Gasteiger partial charge in [0.1, 0.15) is 11.5 Å². The van der Waals surface area contributed by atoms with Gasteiger partial charge in [-0.1, -0.05) is 138 Å². The van der Waals surface area contributed by atoms with Crippen LogP contribution in [0.1, 0.15) is 152 Å². The van der Waals surface area contributed by atoms with Gasteiger partial charge in [0.15, 0.2) is 0 Å². The minimum atomic E-state index is 0.0449. The highest BCUT2D eigenvalue weighted by atomic mass is 16.5. The molecule has 0 aromatic heterocycles. The van der Waals surface area contributed by atoms with Crippen molar-refractivity contribution in [2.75, 3.05) is 13.2 Å². The summed E-state index contributed by atoms with van der Waals surface area (Å²) in [4.78, 5) is 25.6. The highest BCUT2D eigenvalue weighted by molar-refractivity contribution is 5.78. The second kappa shape index (κ2) is 28.1.